The first-order valence-corrected chi connectivity index (χ1v) is 8.34. The van der Waals surface area contributed by atoms with Crippen LogP contribution in [0.5, 0.6) is 0 Å². The van der Waals surface area contributed by atoms with Crippen molar-refractivity contribution in [1.82, 2.24) is 10.6 Å². The van der Waals surface area contributed by atoms with E-state index in [-0.39, 0.29) is 18.7 Å². The second-order valence-electron chi connectivity index (χ2n) is 5.55. The van der Waals surface area contributed by atoms with Gasteiger partial charge < -0.3 is 20.5 Å². The molecule has 0 aliphatic rings. The van der Waals surface area contributed by atoms with Crippen LogP contribution in [0, 0.1) is 0 Å². The number of carboxylic acids is 1. The first kappa shape index (κ1) is 19.7. The van der Waals surface area contributed by atoms with Crippen molar-refractivity contribution in [3.8, 4) is 0 Å². The van der Waals surface area contributed by atoms with Crippen molar-refractivity contribution in [2.75, 3.05) is 6.54 Å². The molecule has 0 radical (unpaired) electrons. The number of hydrogen-bond donors (Lipinski definition) is 2. The van der Waals surface area contributed by atoms with Gasteiger partial charge in [-0.05, 0) is 23.8 Å². The van der Waals surface area contributed by atoms with Gasteiger partial charge in [0.1, 0.15) is 5.70 Å². The fraction of sp³-hybridized carbons (Fsp3) is 0.0952. The number of allylic oxidation sites excluding steroid dienone is 2. The van der Waals surface area contributed by atoms with Gasteiger partial charge in [0.25, 0.3) is 11.8 Å². The average molecular weight is 363 g/mol. The topological polar surface area (TPSA) is 98.3 Å². The third-order valence-corrected chi connectivity index (χ3v) is 3.49. The van der Waals surface area contributed by atoms with Crippen LogP contribution in [-0.2, 0) is 9.59 Å². The fourth-order valence-electron chi connectivity index (χ4n) is 2.15. The predicted octanol–water partition coefficient (Wildman–Crippen LogP) is 1.27. The van der Waals surface area contributed by atoms with Crippen LogP contribution >= 0.6 is 0 Å². The summed E-state index contributed by atoms with van der Waals surface area (Å²) in [7, 11) is 0. The molecule has 0 heterocycles. The Balaban J connectivity index is 2.12. The van der Waals surface area contributed by atoms with Crippen molar-refractivity contribution < 1.29 is 19.5 Å². The second kappa shape index (κ2) is 10.4. The summed E-state index contributed by atoms with van der Waals surface area (Å²) in [5.41, 5.74) is 1.34. The highest BCUT2D eigenvalue weighted by Crippen LogP contribution is 2.04. The number of amides is 2. The molecule has 0 spiro atoms. The van der Waals surface area contributed by atoms with E-state index in [0.29, 0.717) is 5.56 Å². The molecular weight excluding hydrogens is 344 g/mol. The van der Waals surface area contributed by atoms with Crippen molar-refractivity contribution in [3.05, 3.63) is 89.6 Å². The molecule has 0 fully saturated rings. The van der Waals surface area contributed by atoms with Crippen LogP contribution in [0.1, 0.15) is 22.3 Å². The molecule has 6 heteroatoms. The summed E-state index contributed by atoms with van der Waals surface area (Å²) in [5.74, 6) is -2.29. The van der Waals surface area contributed by atoms with E-state index < -0.39 is 17.8 Å². The number of carbonyl (C=O) groups is 3. The number of rotatable bonds is 8. The Morgan fingerprint density at radius 2 is 1.56 bits per heavy atom. The Kier molecular flexibility index (Phi) is 7.53. The summed E-state index contributed by atoms with van der Waals surface area (Å²) < 4.78 is 0. The van der Waals surface area contributed by atoms with Gasteiger partial charge in [0, 0.05) is 24.5 Å². The zero-order valence-electron chi connectivity index (χ0n) is 14.6. The highest BCUT2D eigenvalue weighted by Gasteiger charge is 2.13. The number of carboxylic acid groups (broad SMARTS) is 1. The predicted molar refractivity (Wildman–Crippen MR) is 100 cm³/mol. The summed E-state index contributed by atoms with van der Waals surface area (Å²) in [6.45, 7) is -0.0951. The minimum absolute atomic E-state index is 0.00869. The van der Waals surface area contributed by atoms with Crippen molar-refractivity contribution >= 4 is 23.9 Å². The number of carbonyl (C=O) groups excluding carboxylic acids is 3. The van der Waals surface area contributed by atoms with E-state index in [2.05, 4.69) is 10.6 Å². The Morgan fingerprint density at radius 3 is 2.19 bits per heavy atom. The average Bonchev–Trinajstić information content (AvgIpc) is 2.68. The molecule has 0 saturated carbocycles. The third-order valence-electron chi connectivity index (χ3n) is 3.49. The van der Waals surface area contributed by atoms with E-state index in [1.807, 2.05) is 30.3 Å². The van der Waals surface area contributed by atoms with E-state index in [1.54, 1.807) is 42.5 Å². The standard InChI is InChI=1S/C21H20N2O4/c24-19(25)14-15-22-21(27)18(13-7-10-16-8-3-1-4-9-16)23-20(26)17-11-5-2-6-12-17/h1-13H,14-15H2,(H,22,27)(H,23,26)(H,24,25)/p-1/b10-7+,18-13+. The molecule has 0 aromatic heterocycles. The molecule has 0 aliphatic carbocycles. The lowest BCUT2D eigenvalue weighted by Crippen LogP contribution is -2.37. The molecule has 138 valence electrons. The molecule has 2 aromatic rings. The second-order valence-corrected chi connectivity index (χ2v) is 5.55. The van der Waals surface area contributed by atoms with Crippen LogP contribution < -0.4 is 15.7 Å². The van der Waals surface area contributed by atoms with Crippen LogP contribution in [0.25, 0.3) is 6.08 Å². The Labute approximate surface area is 157 Å². The van der Waals surface area contributed by atoms with Gasteiger partial charge in [-0.2, -0.15) is 0 Å². The van der Waals surface area contributed by atoms with Crippen molar-refractivity contribution in [1.29, 1.82) is 0 Å². The fourth-order valence-corrected chi connectivity index (χ4v) is 2.15. The van der Waals surface area contributed by atoms with Crippen molar-refractivity contribution in [3.63, 3.8) is 0 Å². The highest BCUT2D eigenvalue weighted by atomic mass is 16.4. The highest BCUT2D eigenvalue weighted by molar-refractivity contribution is 6.03. The summed E-state index contributed by atoms with van der Waals surface area (Å²) in [6, 6.07) is 17.9. The maximum atomic E-state index is 12.3. The van der Waals surface area contributed by atoms with E-state index in [0.717, 1.165) is 5.56 Å². The molecule has 6 nitrogen and oxygen atoms in total. The Morgan fingerprint density at radius 1 is 0.926 bits per heavy atom. The van der Waals surface area contributed by atoms with Gasteiger partial charge in [0.05, 0.1) is 0 Å². The van der Waals surface area contributed by atoms with E-state index in [9.17, 15) is 19.5 Å². The lowest BCUT2D eigenvalue weighted by molar-refractivity contribution is -0.305. The summed E-state index contributed by atoms with van der Waals surface area (Å²) in [4.78, 5) is 35.1. The molecule has 0 unspecified atom stereocenters. The minimum Gasteiger partial charge on any atom is -0.550 e. The van der Waals surface area contributed by atoms with Crippen LogP contribution in [0.2, 0.25) is 0 Å². The number of benzene rings is 2. The van der Waals surface area contributed by atoms with E-state index in [4.69, 9.17) is 0 Å². The molecule has 2 aromatic carbocycles. The number of hydrogen-bond acceptors (Lipinski definition) is 4. The van der Waals surface area contributed by atoms with Crippen molar-refractivity contribution in [2.24, 2.45) is 0 Å². The molecular formula is C21H19N2O4-. The molecule has 0 aliphatic heterocycles. The lowest BCUT2D eigenvalue weighted by atomic mass is 10.2. The van der Waals surface area contributed by atoms with Gasteiger partial charge >= 0.3 is 0 Å². The molecule has 2 amide bonds. The molecule has 2 rings (SSSR count). The minimum atomic E-state index is -1.27. The van der Waals surface area contributed by atoms with Gasteiger partial charge in [-0.15, -0.1) is 0 Å². The maximum Gasteiger partial charge on any atom is 0.267 e. The molecule has 0 atom stereocenters. The summed E-state index contributed by atoms with van der Waals surface area (Å²) in [5, 5.41) is 15.5. The largest absolute Gasteiger partial charge is 0.550 e. The lowest BCUT2D eigenvalue weighted by Gasteiger charge is -2.10. The van der Waals surface area contributed by atoms with Crippen LogP contribution in [0.3, 0.4) is 0 Å². The van der Waals surface area contributed by atoms with Crippen LogP contribution in [0.4, 0.5) is 0 Å². The quantitative estimate of drug-likeness (QED) is 0.545. The SMILES string of the molecule is O=C([O-])CCNC(=O)/C(=C\C=C\c1ccccc1)NC(=O)c1ccccc1. The zero-order valence-corrected chi connectivity index (χ0v) is 14.6. The van der Waals surface area contributed by atoms with E-state index in [1.165, 1.54) is 6.08 Å². The third kappa shape index (κ3) is 6.99. The normalized spacial score (nSPS) is 11.2. The molecule has 2 N–H and O–H groups in total. The molecule has 0 bridgehead atoms. The van der Waals surface area contributed by atoms with Gasteiger partial charge in [0.2, 0.25) is 0 Å². The van der Waals surface area contributed by atoms with Gasteiger partial charge in [-0.1, -0.05) is 60.7 Å². The maximum absolute atomic E-state index is 12.3. The number of nitrogens with one attached hydrogen (secondary N) is 2. The summed E-state index contributed by atoms with van der Waals surface area (Å²) in [6.07, 6.45) is 4.56. The number of aliphatic carboxylic acids is 1. The Bertz CT molecular complexity index is 843. The van der Waals surface area contributed by atoms with Gasteiger partial charge in [-0.3, -0.25) is 9.59 Å². The molecule has 27 heavy (non-hydrogen) atoms. The van der Waals surface area contributed by atoms with Gasteiger partial charge in [-0.25, -0.2) is 0 Å². The first-order valence-electron chi connectivity index (χ1n) is 8.34. The summed E-state index contributed by atoms with van der Waals surface area (Å²) >= 11 is 0. The Hall–Kier alpha value is -3.67. The van der Waals surface area contributed by atoms with Crippen LogP contribution in [0.15, 0.2) is 78.5 Å². The van der Waals surface area contributed by atoms with Crippen molar-refractivity contribution in [2.45, 2.75) is 6.42 Å². The zero-order chi connectivity index (χ0) is 19.5. The first-order chi connectivity index (χ1) is 13.1. The molecule has 0 saturated heterocycles. The van der Waals surface area contributed by atoms with E-state index >= 15 is 0 Å². The van der Waals surface area contributed by atoms with Gasteiger partial charge in [0.15, 0.2) is 0 Å². The monoisotopic (exact) mass is 363 g/mol. The smallest absolute Gasteiger partial charge is 0.267 e. The van der Waals surface area contributed by atoms with Crippen LogP contribution in [-0.4, -0.2) is 24.3 Å².